The Morgan fingerprint density at radius 3 is 2.26 bits per heavy atom. The number of fused-ring (bicyclic) bond motifs is 1. The zero-order valence-corrected chi connectivity index (χ0v) is 33.2. The molecule has 4 fully saturated rings. The second-order valence-corrected chi connectivity index (χ2v) is 16.4. The van der Waals surface area contributed by atoms with Gasteiger partial charge in [0, 0.05) is 70.0 Å². The van der Waals surface area contributed by atoms with E-state index >= 15 is 0 Å². The molecule has 0 spiro atoms. The van der Waals surface area contributed by atoms with Crippen molar-refractivity contribution >= 4 is 52.6 Å². The fourth-order valence-electron chi connectivity index (χ4n) is 8.89. The van der Waals surface area contributed by atoms with Gasteiger partial charge in [0.25, 0.3) is 17.7 Å². The van der Waals surface area contributed by atoms with Crippen LogP contribution in [0.1, 0.15) is 93.7 Å². The van der Waals surface area contributed by atoms with Crippen molar-refractivity contribution in [2.24, 2.45) is 5.92 Å². The van der Waals surface area contributed by atoms with Crippen LogP contribution in [0.4, 0.5) is 11.5 Å². The number of benzene rings is 2. The number of imide groups is 2. The van der Waals surface area contributed by atoms with Crippen LogP contribution in [0, 0.1) is 24.2 Å². The lowest BCUT2D eigenvalue weighted by molar-refractivity contribution is -0.136. The Kier molecular flexibility index (Phi) is 11.3. The van der Waals surface area contributed by atoms with Crippen LogP contribution in [0.15, 0.2) is 42.5 Å². The summed E-state index contributed by atoms with van der Waals surface area (Å²) in [5.41, 5.74) is 3.15. The van der Waals surface area contributed by atoms with Gasteiger partial charge in [-0.2, -0.15) is 5.26 Å². The summed E-state index contributed by atoms with van der Waals surface area (Å²) >= 11 is 6.15. The minimum absolute atomic E-state index is 0.0177. The molecule has 1 aliphatic carbocycles. The summed E-state index contributed by atoms with van der Waals surface area (Å²) in [6, 6.07) is 13.4. The van der Waals surface area contributed by atoms with Crippen LogP contribution in [0.5, 0.6) is 5.75 Å². The van der Waals surface area contributed by atoms with Crippen molar-refractivity contribution in [1.29, 1.82) is 5.26 Å². The number of rotatable bonds is 9. The molecule has 58 heavy (non-hydrogen) atoms. The number of nitriles is 1. The third-order valence-corrected chi connectivity index (χ3v) is 12.5. The van der Waals surface area contributed by atoms with Gasteiger partial charge in [-0.1, -0.05) is 11.6 Å². The van der Waals surface area contributed by atoms with Crippen LogP contribution >= 0.6 is 11.6 Å². The summed E-state index contributed by atoms with van der Waals surface area (Å²) < 4.78 is 6.08. The molecule has 15 nitrogen and oxygen atoms in total. The van der Waals surface area contributed by atoms with E-state index in [0.29, 0.717) is 39.1 Å². The van der Waals surface area contributed by atoms with Crippen LogP contribution in [-0.4, -0.2) is 114 Å². The van der Waals surface area contributed by atoms with Crippen molar-refractivity contribution in [2.45, 2.75) is 76.5 Å². The van der Waals surface area contributed by atoms with Crippen molar-refractivity contribution in [2.75, 3.05) is 55.6 Å². The van der Waals surface area contributed by atoms with Gasteiger partial charge in [-0.15, -0.1) is 10.2 Å². The topological polar surface area (TPSA) is 181 Å². The molecule has 5 aliphatic rings. The Balaban J connectivity index is 0.764. The lowest BCUT2D eigenvalue weighted by Crippen LogP contribution is -2.54. The Morgan fingerprint density at radius 1 is 0.879 bits per heavy atom. The van der Waals surface area contributed by atoms with Gasteiger partial charge in [0.2, 0.25) is 11.8 Å². The molecule has 3 aromatic rings. The number of amides is 5. The second-order valence-electron chi connectivity index (χ2n) is 15.9. The number of aromatic nitrogens is 2. The summed E-state index contributed by atoms with van der Waals surface area (Å²) in [5, 5.41) is 23.5. The van der Waals surface area contributed by atoms with E-state index in [1.165, 1.54) is 0 Å². The van der Waals surface area contributed by atoms with Gasteiger partial charge in [-0.25, -0.2) is 0 Å². The van der Waals surface area contributed by atoms with Crippen molar-refractivity contribution in [3.63, 3.8) is 0 Å². The molecule has 2 aromatic carbocycles. The molecule has 5 amide bonds. The number of hydrogen-bond acceptors (Lipinski definition) is 12. The number of aryl methyl sites for hydroxylation is 1. The molecule has 8 rings (SSSR count). The Labute approximate surface area is 341 Å². The molecule has 1 saturated carbocycles. The third kappa shape index (κ3) is 8.21. The highest BCUT2D eigenvalue weighted by Gasteiger charge is 2.45. The van der Waals surface area contributed by atoms with Gasteiger partial charge in [0.1, 0.15) is 17.9 Å². The zero-order valence-electron chi connectivity index (χ0n) is 32.4. The molecule has 1 unspecified atom stereocenters. The van der Waals surface area contributed by atoms with Gasteiger partial charge in [-0.05, 0) is 99.7 Å². The number of piperidine rings is 2. The number of anilines is 2. The lowest BCUT2D eigenvalue weighted by Gasteiger charge is -2.40. The molecule has 1 atom stereocenters. The predicted molar refractivity (Wildman–Crippen MR) is 214 cm³/mol. The Hall–Kier alpha value is -5.59. The van der Waals surface area contributed by atoms with E-state index in [1.54, 1.807) is 36.4 Å². The largest absolute Gasteiger partial charge is 0.490 e. The minimum atomic E-state index is -0.982. The van der Waals surface area contributed by atoms with Crippen LogP contribution in [0.3, 0.4) is 0 Å². The van der Waals surface area contributed by atoms with Crippen molar-refractivity contribution in [3.05, 3.63) is 75.4 Å². The highest BCUT2D eigenvalue weighted by Crippen LogP contribution is 2.34. The van der Waals surface area contributed by atoms with Crippen molar-refractivity contribution in [3.8, 4) is 11.8 Å². The van der Waals surface area contributed by atoms with E-state index in [2.05, 4.69) is 41.6 Å². The maximum atomic E-state index is 13.4. The molecule has 0 bridgehead atoms. The molecular weight excluding hydrogens is 762 g/mol. The number of halogens is 1. The summed E-state index contributed by atoms with van der Waals surface area (Å²) in [5.74, 6) is -0.251. The third-order valence-electron chi connectivity index (χ3n) is 12.2. The lowest BCUT2D eigenvalue weighted by atomic mass is 9.93. The standard InChI is InChI=1S/C42H46ClN9O6/c1-25-20-31-32(42(57)52(41(31)56)35-9-11-38(53)46-40(35)55)22-36(25)50-18-16-49(17-19-50)24-26-12-14-51(15-13-26)37-10-8-34(47-48-37)39(54)45-28-3-6-29(7-4-28)58-30-5-2-27(23-44)33(43)21-30/h2,5,8,10,20-22,26,28-29,35H,3-4,6-7,9,11-19,24H2,1H3,(H,45,54)(H,46,53,55). The number of carbonyl (C=O) groups is 5. The summed E-state index contributed by atoms with van der Waals surface area (Å²) in [6.07, 6.45) is 5.43. The fourth-order valence-corrected chi connectivity index (χ4v) is 9.10. The zero-order chi connectivity index (χ0) is 40.5. The quantitative estimate of drug-likeness (QED) is 0.299. The van der Waals surface area contributed by atoms with E-state index in [0.717, 1.165) is 106 Å². The summed E-state index contributed by atoms with van der Waals surface area (Å²) in [6.45, 7) is 8.01. The van der Waals surface area contributed by atoms with Crippen molar-refractivity contribution < 1.29 is 28.7 Å². The number of piperazine rings is 1. The summed E-state index contributed by atoms with van der Waals surface area (Å²) in [4.78, 5) is 71.8. The Bertz CT molecular complexity index is 2150. The first-order chi connectivity index (χ1) is 28.0. The fraction of sp³-hybridized carbons (Fsp3) is 0.476. The minimum Gasteiger partial charge on any atom is -0.490 e. The number of hydrogen-bond donors (Lipinski definition) is 2. The molecule has 2 N–H and O–H groups in total. The first-order valence-electron chi connectivity index (χ1n) is 20.1. The van der Waals surface area contributed by atoms with Crippen LogP contribution in [0.25, 0.3) is 0 Å². The second kappa shape index (κ2) is 16.7. The highest BCUT2D eigenvalue weighted by atomic mass is 35.5. The molecule has 3 saturated heterocycles. The first-order valence-corrected chi connectivity index (χ1v) is 20.5. The van der Waals surface area contributed by atoms with Crippen LogP contribution in [-0.2, 0) is 9.59 Å². The van der Waals surface area contributed by atoms with Crippen LogP contribution in [0.2, 0.25) is 5.02 Å². The number of nitrogens with zero attached hydrogens (tertiary/aromatic N) is 7. The maximum absolute atomic E-state index is 13.4. The molecule has 302 valence electrons. The molecule has 0 radical (unpaired) electrons. The van der Waals surface area contributed by atoms with Gasteiger partial charge in [0.15, 0.2) is 11.5 Å². The van der Waals surface area contributed by atoms with Gasteiger partial charge >= 0.3 is 0 Å². The number of ether oxygens (including phenoxy) is 1. The average Bonchev–Trinajstić information content (AvgIpc) is 3.46. The van der Waals surface area contributed by atoms with Gasteiger partial charge in [0.05, 0.1) is 27.8 Å². The SMILES string of the molecule is Cc1cc2c(cc1N1CCN(CC3CCN(c4ccc(C(=O)NC5CCC(Oc6ccc(C#N)c(Cl)c6)CC5)nn4)CC3)CC1)C(=O)N(C1CCC(=O)NC1=O)C2=O. The van der Waals surface area contributed by atoms with E-state index in [-0.39, 0.29) is 30.9 Å². The number of nitrogens with one attached hydrogen (secondary N) is 2. The normalized spacial score (nSPS) is 23.1. The van der Waals surface area contributed by atoms with E-state index < -0.39 is 29.7 Å². The van der Waals surface area contributed by atoms with Gasteiger partial charge < -0.3 is 19.9 Å². The molecular formula is C42H46ClN9O6. The van der Waals surface area contributed by atoms with Gasteiger partial charge in [-0.3, -0.25) is 39.1 Å². The average molecular weight is 808 g/mol. The molecule has 16 heteroatoms. The van der Waals surface area contributed by atoms with Crippen LogP contribution < -0.4 is 25.2 Å². The predicted octanol–water partition coefficient (Wildman–Crippen LogP) is 3.87. The van der Waals surface area contributed by atoms with Crippen molar-refractivity contribution in [1.82, 2.24) is 30.6 Å². The Morgan fingerprint density at radius 2 is 1.60 bits per heavy atom. The maximum Gasteiger partial charge on any atom is 0.272 e. The molecule has 5 heterocycles. The van der Waals surface area contributed by atoms with E-state index in [9.17, 15) is 24.0 Å². The molecule has 4 aliphatic heterocycles. The number of carbonyl (C=O) groups excluding carboxylic acids is 5. The monoisotopic (exact) mass is 807 g/mol. The van der Waals surface area contributed by atoms with E-state index in [4.69, 9.17) is 21.6 Å². The highest BCUT2D eigenvalue weighted by molar-refractivity contribution is 6.31. The molecule has 1 aromatic heterocycles. The summed E-state index contributed by atoms with van der Waals surface area (Å²) in [7, 11) is 0. The smallest absolute Gasteiger partial charge is 0.272 e. The van der Waals surface area contributed by atoms with E-state index in [1.807, 2.05) is 13.0 Å². The first kappa shape index (κ1) is 39.2.